The van der Waals surface area contributed by atoms with E-state index in [1.807, 2.05) is 6.20 Å². The van der Waals surface area contributed by atoms with Crippen LogP contribution < -0.4 is 5.32 Å². The Morgan fingerprint density at radius 1 is 1.24 bits per heavy atom. The summed E-state index contributed by atoms with van der Waals surface area (Å²) in [5.74, 6) is 4.54. The second kappa shape index (κ2) is 7.44. The monoisotopic (exact) mass is 291 g/mol. The van der Waals surface area contributed by atoms with E-state index in [0.717, 1.165) is 36.6 Å². The third-order valence-corrected chi connectivity index (χ3v) is 5.28. The summed E-state index contributed by atoms with van der Waals surface area (Å²) in [6.07, 6.45) is 9.28. The molecule has 3 heteroatoms. The van der Waals surface area contributed by atoms with Crippen molar-refractivity contribution in [3.05, 3.63) is 18.2 Å². The number of rotatable bonds is 6. The quantitative estimate of drug-likeness (QED) is 0.867. The number of hydrogen-bond acceptors (Lipinski definition) is 2. The van der Waals surface area contributed by atoms with Crippen LogP contribution in [0.3, 0.4) is 0 Å². The number of nitrogens with one attached hydrogen (secondary N) is 1. The molecular weight excluding hydrogens is 258 g/mol. The first-order chi connectivity index (χ1) is 9.97. The fourth-order valence-corrected chi connectivity index (χ4v) is 3.70. The van der Waals surface area contributed by atoms with Crippen molar-refractivity contribution in [3.8, 4) is 0 Å². The average molecular weight is 291 g/mol. The molecule has 0 saturated heterocycles. The third-order valence-electron chi connectivity index (χ3n) is 5.28. The summed E-state index contributed by atoms with van der Waals surface area (Å²) < 4.78 is 2.19. The van der Waals surface area contributed by atoms with Crippen LogP contribution in [0.4, 0.5) is 0 Å². The highest BCUT2D eigenvalue weighted by molar-refractivity contribution is 4.96. The van der Waals surface area contributed by atoms with Gasteiger partial charge >= 0.3 is 0 Å². The van der Waals surface area contributed by atoms with Crippen molar-refractivity contribution in [1.29, 1.82) is 0 Å². The Kier molecular flexibility index (Phi) is 5.86. The highest BCUT2D eigenvalue weighted by atomic mass is 15.0. The summed E-state index contributed by atoms with van der Waals surface area (Å²) in [4.78, 5) is 4.55. The van der Waals surface area contributed by atoms with Crippen LogP contribution in [-0.2, 0) is 13.5 Å². The predicted molar refractivity (Wildman–Crippen MR) is 89.2 cm³/mol. The molecule has 1 N–H and O–H groups in total. The van der Waals surface area contributed by atoms with Gasteiger partial charge in [0.1, 0.15) is 5.82 Å². The topological polar surface area (TPSA) is 29.9 Å². The lowest BCUT2D eigenvalue weighted by Crippen LogP contribution is -2.37. The maximum absolute atomic E-state index is 4.55. The van der Waals surface area contributed by atoms with Crippen molar-refractivity contribution < 1.29 is 0 Å². The lowest BCUT2D eigenvalue weighted by Gasteiger charge is -2.38. The summed E-state index contributed by atoms with van der Waals surface area (Å²) in [6.45, 7) is 10.4. The standard InChI is InChI=1S/C18H33N3/c1-13(2)15-6-7-16(12-20-14(3)4)17(10-15)11-18-19-8-9-21(18)5/h8-9,13-17,20H,6-7,10-12H2,1-5H3. The van der Waals surface area contributed by atoms with E-state index >= 15 is 0 Å². The van der Waals surface area contributed by atoms with Crippen molar-refractivity contribution >= 4 is 0 Å². The molecule has 2 rings (SSSR count). The Morgan fingerprint density at radius 2 is 2.00 bits per heavy atom. The minimum Gasteiger partial charge on any atom is -0.338 e. The Balaban J connectivity index is 2.03. The Hall–Kier alpha value is -0.830. The molecule has 3 nitrogen and oxygen atoms in total. The van der Waals surface area contributed by atoms with Crippen LogP contribution >= 0.6 is 0 Å². The largest absolute Gasteiger partial charge is 0.338 e. The molecule has 1 aromatic rings. The highest BCUT2D eigenvalue weighted by Crippen LogP contribution is 2.38. The molecule has 3 atom stereocenters. The second-order valence-corrected chi connectivity index (χ2v) is 7.56. The maximum atomic E-state index is 4.55. The lowest BCUT2D eigenvalue weighted by molar-refractivity contribution is 0.141. The van der Waals surface area contributed by atoms with Crippen LogP contribution in [0, 0.1) is 23.7 Å². The Labute approximate surface area is 130 Å². The summed E-state index contributed by atoms with van der Waals surface area (Å²) in [6, 6.07) is 0.585. The number of imidazole rings is 1. The van der Waals surface area contributed by atoms with Crippen molar-refractivity contribution in [1.82, 2.24) is 14.9 Å². The molecule has 0 bridgehead atoms. The second-order valence-electron chi connectivity index (χ2n) is 7.56. The van der Waals surface area contributed by atoms with Gasteiger partial charge in [-0.3, -0.25) is 0 Å². The molecule has 0 amide bonds. The summed E-state index contributed by atoms with van der Waals surface area (Å²) >= 11 is 0. The smallest absolute Gasteiger partial charge is 0.108 e. The van der Waals surface area contributed by atoms with Gasteiger partial charge in [0.2, 0.25) is 0 Å². The van der Waals surface area contributed by atoms with E-state index in [0.29, 0.717) is 6.04 Å². The minimum absolute atomic E-state index is 0.585. The van der Waals surface area contributed by atoms with Crippen LogP contribution in [0.2, 0.25) is 0 Å². The van der Waals surface area contributed by atoms with Gasteiger partial charge in [0.05, 0.1) is 0 Å². The van der Waals surface area contributed by atoms with E-state index in [2.05, 4.69) is 55.8 Å². The van der Waals surface area contributed by atoms with Crippen molar-refractivity contribution in [2.75, 3.05) is 6.54 Å². The normalized spacial score (nSPS) is 26.7. The van der Waals surface area contributed by atoms with Gasteiger partial charge in [0.25, 0.3) is 0 Å². The molecule has 1 aliphatic rings. The van der Waals surface area contributed by atoms with Crippen LogP contribution in [0.5, 0.6) is 0 Å². The van der Waals surface area contributed by atoms with Crippen LogP contribution in [0.15, 0.2) is 12.4 Å². The molecule has 0 aliphatic heterocycles. The van der Waals surface area contributed by atoms with Gasteiger partial charge in [-0.05, 0) is 49.5 Å². The summed E-state index contributed by atoms with van der Waals surface area (Å²) in [5.41, 5.74) is 0. The number of aromatic nitrogens is 2. The molecular formula is C18H33N3. The molecule has 0 aromatic carbocycles. The van der Waals surface area contributed by atoms with E-state index in [1.54, 1.807) is 0 Å². The van der Waals surface area contributed by atoms with Gasteiger partial charge in [-0.1, -0.05) is 27.7 Å². The third kappa shape index (κ3) is 4.57. The zero-order valence-corrected chi connectivity index (χ0v) is 14.5. The molecule has 1 heterocycles. The number of aryl methyl sites for hydroxylation is 1. The number of hydrogen-bond donors (Lipinski definition) is 1. The Bertz CT molecular complexity index is 422. The highest BCUT2D eigenvalue weighted by Gasteiger charge is 2.32. The molecule has 1 aliphatic carbocycles. The molecule has 1 saturated carbocycles. The van der Waals surface area contributed by atoms with E-state index in [1.165, 1.54) is 25.1 Å². The molecule has 0 spiro atoms. The summed E-state index contributed by atoms with van der Waals surface area (Å²) in [5, 5.41) is 3.66. The average Bonchev–Trinajstić information content (AvgIpc) is 2.82. The van der Waals surface area contributed by atoms with Gasteiger partial charge in [0.15, 0.2) is 0 Å². The fraction of sp³-hybridized carbons (Fsp3) is 0.833. The fourth-order valence-electron chi connectivity index (χ4n) is 3.70. The molecule has 1 aromatic heterocycles. The number of nitrogens with zero attached hydrogens (tertiary/aromatic N) is 2. The molecule has 3 unspecified atom stereocenters. The molecule has 1 fully saturated rings. The van der Waals surface area contributed by atoms with Gasteiger partial charge in [-0.15, -0.1) is 0 Å². The van der Waals surface area contributed by atoms with Crippen LogP contribution in [-0.4, -0.2) is 22.1 Å². The van der Waals surface area contributed by atoms with Crippen LogP contribution in [0.1, 0.15) is 52.8 Å². The lowest BCUT2D eigenvalue weighted by atomic mass is 9.69. The zero-order valence-electron chi connectivity index (χ0n) is 14.5. The van der Waals surface area contributed by atoms with E-state index in [4.69, 9.17) is 0 Å². The minimum atomic E-state index is 0.585. The van der Waals surface area contributed by atoms with Crippen molar-refractivity contribution in [2.24, 2.45) is 30.7 Å². The van der Waals surface area contributed by atoms with Crippen molar-refractivity contribution in [3.63, 3.8) is 0 Å². The van der Waals surface area contributed by atoms with E-state index in [-0.39, 0.29) is 0 Å². The molecule has 0 radical (unpaired) electrons. The van der Waals surface area contributed by atoms with Crippen molar-refractivity contribution in [2.45, 2.75) is 59.4 Å². The Morgan fingerprint density at radius 3 is 2.57 bits per heavy atom. The first kappa shape index (κ1) is 16.5. The predicted octanol–water partition coefficient (Wildman–Crippen LogP) is 3.65. The van der Waals surface area contributed by atoms with Gasteiger partial charge in [0, 0.05) is 31.9 Å². The molecule has 120 valence electrons. The van der Waals surface area contributed by atoms with E-state index in [9.17, 15) is 0 Å². The SMILES string of the molecule is CC(C)NCC1CCC(C(C)C)CC1Cc1nccn1C. The first-order valence-electron chi connectivity index (χ1n) is 8.67. The van der Waals surface area contributed by atoms with Crippen LogP contribution in [0.25, 0.3) is 0 Å². The van der Waals surface area contributed by atoms with E-state index < -0.39 is 0 Å². The summed E-state index contributed by atoms with van der Waals surface area (Å²) in [7, 11) is 2.12. The van der Waals surface area contributed by atoms with Gasteiger partial charge < -0.3 is 9.88 Å². The zero-order chi connectivity index (χ0) is 15.4. The first-order valence-corrected chi connectivity index (χ1v) is 8.67. The maximum Gasteiger partial charge on any atom is 0.108 e. The van der Waals surface area contributed by atoms with Gasteiger partial charge in [-0.25, -0.2) is 4.98 Å². The molecule has 21 heavy (non-hydrogen) atoms. The van der Waals surface area contributed by atoms with Gasteiger partial charge in [-0.2, -0.15) is 0 Å².